The summed E-state index contributed by atoms with van der Waals surface area (Å²) >= 11 is 0. The van der Waals surface area contributed by atoms with Crippen molar-refractivity contribution in [2.75, 3.05) is 7.05 Å². The van der Waals surface area contributed by atoms with Crippen LogP contribution < -0.4 is 0 Å². The molecule has 0 bridgehead atoms. The molecule has 0 N–H and O–H groups in total. The zero-order chi connectivity index (χ0) is 17.5. The number of hydrogen-bond donors (Lipinski definition) is 0. The van der Waals surface area contributed by atoms with Crippen LogP contribution in [0.1, 0.15) is 17.3 Å². The van der Waals surface area contributed by atoms with E-state index in [1.165, 1.54) is 5.56 Å². The van der Waals surface area contributed by atoms with Crippen molar-refractivity contribution in [2.24, 2.45) is 5.10 Å². The molecule has 0 aliphatic carbocycles. The molecule has 128 valence electrons. The van der Waals surface area contributed by atoms with Crippen LogP contribution in [0.4, 0.5) is 0 Å². The molecular formula is C22H19N3O. The zero-order valence-corrected chi connectivity index (χ0v) is 14.5. The van der Waals surface area contributed by atoms with E-state index in [1.807, 2.05) is 24.5 Å². The fourth-order valence-electron chi connectivity index (χ4n) is 3.75. The van der Waals surface area contributed by atoms with Crippen LogP contribution in [0.3, 0.4) is 0 Å². The molecule has 5 rings (SSSR count). The van der Waals surface area contributed by atoms with Gasteiger partial charge in [-0.25, -0.2) is 0 Å². The van der Waals surface area contributed by atoms with Crippen molar-refractivity contribution >= 4 is 28.3 Å². The first-order valence-corrected chi connectivity index (χ1v) is 8.78. The van der Waals surface area contributed by atoms with Gasteiger partial charge < -0.3 is 9.32 Å². The molecule has 2 heterocycles. The van der Waals surface area contributed by atoms with Gasteiger partial charge in [-0.05, 0) is 11.6 Å². The number of hydrazone groups is 1. The van der Waals surface area contributed by atoms with Crippen LogP contribution in [-0.4, -0.2) is 23.3 Å². The molecule has 4 aromatic rings. The molecule has 0 amide bonds. The molecule has 1 aliphatic heterocycles. The lowest BCUT2D eigenvalue weighted by atomic mass is 10.1. The number of fused-ring (bicyclic) bond motifs is 3. The van der Waals surface area contributed by atoms with Gasteiger partial charge in [0.1, 0.15) is 23.7 Å². The lowest BCUT2D eigenvalue weighted by Crippen LogP contribution is -2.29. The average Bonchev–Trinajstić information content (AvgIpc) is 3.24. The summed E-state index contributed by atoms with van der Waals surface area (Å²) in [5, 5.41) is 9.05. The lowest BCUT2D eigenvalue weighted by molar-refractivity contribution is 0.140. The van der Waals surface area contributed by atoms with E-state index >= 15 is 0 Å². The predicted molar refractivity (Wildman–Crippen MR) is 105 cm³/mol. The fraction of sp³-hybridized carbons (Fsp3) is 0.136. The van der Waals surface area contributed by atoms with Crippen LogP contribution >= 0.6 is 0 Å². The van der Waals surface area contributed by atoms with Gasteiger partial charge >= 0.3 is 0 Å². The van der Waals surface area contributed by atoms with Crippen molar-refractivity contribution in [3.8, 4) is 0 Å². The molecule has 0 fully saturated rings. The van der Waals surface area contributed by atoms with Gasteiger partial charge in [0.15, 0.2) is 0 Å². The molecule has 0 saturated carbocycles. The van der Waals surface area contributed by atoms with Gasteiger partial charge in [-0.15, -0.1) is 0 Å². The topological polar surface area (TPSA) is 32.0 Å². The van der Waals surface area contributed by atoms with E-state index in [9.17, 15) is 0 Å². The maximum atomic E-state index is 6.17. The molecule has 0 spiro atoms. The summed E-state index contributed by atoms with van der Waals surface area (Å²) in [6.07, 6.45) is 1.98. The Balaban J connectivity index is 1.56. The van der Waals surface area contributed by atoms with Crippen LogP contribution in [0.2, 0.25) is 0 Å². The van der Waals surface area contributed by atoms with Crippen LogP contribution in [-0.2, 0) is 6.54 Å². The Morgan fingerprint density at radius 2 is 1.65 bits per heavy atom. The van der Waals surface area contributed by atoms with Gasteiger partial charge in [0.25, 0.3) is 0 Å². The van der Waals surface area contributed by atoms with Crippen molar-refractivity contribution < 1.29 is 4.42 Å². The highest BCUT2D eigenvalue weighted by Gasteiger charge is 2.27. The Hall–Kier alpha value is -3.27. The van der Waals surface area contributed by atoms with Crippen LogP contribution in [0, 0.1) is 0 Å². The molecule has 0 radical (unpaired) electrons. The van der Waals surface area contributed by atoms with Gasteiger partial charge in [0.2, 0.25) is 0 Å². The minimum Gasteiger partial charge on any atom is -0.456 e. The second kappa shape index (κ2) is 5.92. The molecular weight excluding hydrogens is 322 g/mol. The SMILES string of the molecule is CN1C=NN(Cc2cccc3c2oc2ccccc23)C1c1ccccc1. The Labute approximate surface area is 151 Å². The molecule has 3 aromatic carbocycles. The van der Waals surface area contributed by atoms with Crippen molar-refractivity contribution in [3.63, 3.8) is 0 Å². The van der Waals surface area contributed by atoms with Crippen LogP contribution in [0.25, 0.3) is 21.9 Å². The first-order chi connectivity index (χ1) is 12.8. The van der Waals surface area contributed by atoms with Crippen molar-refractivity contribution in [2.45, 2.75) is 12.7 Å². The first kappa shape index (κ1) is 15.0. The van der Waals surface area contributed by atoms with Gasteiger partial charge in [-0.3, -0.25) is 5.01 Å². The van der Waals surface area contributed by atoms with Crippen molar-refractivity contribution in [1.29, 1.82) is 0 Å². The first-order valence-electron chi connectivity index (χ1n) is 8.78. The zero-order valence-electron chi connectivity index (χ0n) is 14.5. The summed E-state index contributed by atoms with van der Waals surface area (Å²) in [5.41, 5.74) is 4.25. The van der Waals surface area contributed by atoms with Crippen LogP contribution in [0.15, 0.2) is 82.3 Å². The maximum absolute atomic E-state index is 6.17. The monoisotopic (exact) mass is 341 g/mol. The van der Waals surface area contributed by atoms with E-state index < -0.39 is 0 Å². The number of hydrogen-bond acceptors (Lipinski definition) is 4. The van der Waals surface area contributed by atoms with E-state index in [4.69, 9.17) is 4.42 Å². The smallest absolute Gasteiger partial charge is 0.145 e. The second-order valence-corrected chi connectivity index (χ2v) is 6.67. The van der Waals surface area contributed by atoms with Gasteiger partial charge in [0, 0.05) is 23.4 Å². The molecule has 26 heavy (non-hydrogen) atoms. The van der Waals surface area contributed by atoms with E-state index in [0.29, 0.717) is 6.54 Å². The highest BCUT2D eigenvalue weighted by Crippen LogP contribution is 2.34. The number of furan rings is 1. The normalized spacial score (nSPS) is 16.9. The molecule has 1 aromatic heterocycles. The number of benzene rings is 3. The summed E-state index contributed by atoms with van der Waals surface area (Å²) in [7, 11) is 2.06. The third-order valence-electron chi connectivity index (χ3n) is 4.97. The van der Waals surface area contributed by atoms with E-state index in [-0.39, 0.29) is 6.17 Å². The summed E-state index contributed by atoms with van der Waals surface area (Å²) in [5.74, 6) is 0. The number of para-hydroxylation sites is 2. The van der Waals surface area contributed by atoms with E-state index in [2.05, 4.69) is 76.7 Å². The van der Waals surface area contributed by atoms with Crippen molar-refractivity contribution in [1.82, 2.24) is 9.91 Å². The summed E-state index contributed by atoms with van der Waals surface area (Å²) in [6, 6.07) is 25.0. The number of nitrogens with zero attached hydrogens (tertiary/aromatic N) is 3. The van der Waals surface area contributed by atoms with E-state index in [1.54, 1.807) is 0 Å². The second-order valence-electron chi connectivity index (χ2n) is 6.67. The summed E-state index contributed by atoms with van der Waals surface area (Å²) < 4.78 is 6.17. The molecule has 0 saturated heterocycles. The Morgan fingerprint density at radius 3 is 2.54 bits per heavy atom. The molecule has 4 nitrogen and oxygen atoms in total. The Bertz CT molecular complexity index is 1100. The van der Waals surface area contributed by atoms with Gasteiger partial charge in [-0.1, -0.05) is 66.7 Å². The Morgan fingerprint density at radius 1 is 0.885 bits per heavy atom. The lowest BCUT2D eigenvalue weighted by Gasteiger charge is -2.28. The third-order valence-corrected chi connectivity index (χ3v) is 4.97. The summed E-state index contributed by atoms with van der Waals surface area (Å²) in [4.78, 5) is 2.13. The van der Waals surface area contributed by atoms with Gasteiger partial charge in [0.05, 0.1) is 6.54 Å². The minimum atomic E-state index is 0.0934. The molecule has 1 unspecified atom stereocenters. The molecule has 1 aliphatic rings. The maximum Gasteiger partial charge on any atom is 0.145 e. The summed E-state index contributed by atoms with van der Waals surface area (Å²) in [6.45, 7) is 0.692. The fourth-order valence-corrected chi connectivity index (χ4v) is 3.75. The Kier molecular flexibility index (Phi) is 3.42. The molecule has 1 atom stereocenters. The highest BCUT2D eigenvalue weighted by atomic mass is 16.3. The van der Waals surface area contributed by atoms with Crippen LogP contribution in [0.5, 0.6) is 0 Å². The van der Waals surface area contributed by atoms with Gasteiger partial charge in [-0.2, -0.15) is 5.10 Å². The third kappa shape index (κ3) is 2.34. The largest absolute Gasteiger partial charge is 0.456 e. The van der Waals surface area contributed by atoms with E-state index in [0.717, 1.165) is 27.5 Å². The quantitative estimate of drug-likeness (QED) is 0.527. The molecule has 4 heteroatoms. The van der Waals surface area contributed by atoms with Crippen molar-refractivity contribution in [3.05, 3.63) is 83.9 Å². The number of rotatable bonds is 3. The average molecular weight is 341 g/mol. The highest BCUT2D eigenvalue weighted by molar-refractivity contribution is 6.05. The minimum absolute atomic E-state index is 0.0934. The predicted octanol–water partition coefficient (Wildman–Crippen LogP) is 4.98. The standard InChI is InChI=1S/C22H19N3O/c1-24-15-23-25(22(24)16-8-3-2-4-9-16)14-17-10-7-12-19-18-11-5-6-13-20(18)26-21(17)19/h2-13,15,22H,14H2,1H3.